The number of carbonyl (C=O) groups excluding carboxylic acids is 2. The minimum absolute atomic E-state index is 0.0632. The molecule has 4 aliphatic heterocycles. The van der Waals surface area contributed by atoms with Gasteiger partial charge in [-0.05, 0) is 124 Å². The van der Waals surface area contributed by atoms with Gasteiger partial charge in [-0.2, -0.15) is 4.98 Å². The first kappa shape index (κ1) is 46.8. The van der Waals surface area contributed by atoms with E-state index in [0.29, 0.717) is 57.7 Å². The Morgan fingerprint density at radius 3 is 2.27 bits per heavy atom. The van der Waals surface area contributed by atoms with Crippen LogP contribution in [0.1, 0.15) is 82.2 Å². The lowest BCUT2D eigenvalue weighted by molar-refractivity contribution is -0.134. The molecule has 4 saturated heterocycles. The van der Waals surface area contributed by atoms with E-state index in [4.69, 9.17) is 9.72 Å². The van der Waals surface area contributed by atoms with E-state index in [1.807, 2.05) is 30.9 Å². The minimum Gasteiger partial charge on any atom is -0.492 e. The number of hydrogen-bond acceptors (Lipinski definition) is 13. The van der Waals surface area contributed by atoms with Crippen LogP contribution < -0.4 is 35.8 Å². The van der Waals surface area contributed by atoms with E-state index in [1.165, 1.54) is 23.4 Å². The Morgan fingerprint density at radius 1 is 0.881 bits per heavy atom. The van der Waals surface area contributed by atoms with Crippen molar-refractivity contribution in [2.45, 2.75) is 84.1 Å². The number of ether oxygens (including phenoxy) is 1. The maximum absolute atomic E-state index is 15.3. The number of likely N-dealkylation sites (tertiary alicyclic amines) is 1. The highest BCUT2D eigenvalue weighted by Gasteiger charge is 2.46. The fourth-order valence-electron chi connectivity index (χ4n) is 10.5. The van der Waals surface area contributed by atoms with Crippen LogP contribution in [0.4, 0.5) is 43.3 Å². The van der Waals surface area contributed by atoms with Crippen molar-refractivity contribution in [3.63, 3.8) is 0 Å². The fraction of sp³-hybridized carbons (Fsp3) is 0.469. The Hall–Kier alpha value is -5.25. The molecule has 67 heavy (non-hydrogen) atoms. The molecule has 0 bridgehead atoms. The van der Waals surface area contributed by atoms with Gasteiger partial charge in [0, 0.05) is 96.6 Å². The minimum atomic E-state index is -2.79. The number of aromatic nitrogens is 4. The molecule has 4 fully saturated rings. The summed E-state index contributed by atoms with van der Waals surface area (Å²) in [6.45, 7) is 15.5. The number of anilines is 6. The van der Waals surface area contributed by atoms with Gasteiger partial charge in [-0.1, -0.05) is 13.8 Å². The van der Waals surface area contributed by atoms with Crippen molar-refractivity contribution < 1.29 is 27.7 Å². The highest BCUT2D eigenvalue weighted by atomic mass is 79.9. The lowest BCUT2D eigenvalue weighted by Crippen LogP contribution is -2.61. The number of amides is 2. The summed E-state index contributed by atoms with van der Waals surface area (Å²) in [5.41, 5.74) is 4.91. The number of piperidine rings is 3. The summed E-state index contributed by atoms with van der Waals surface area (Å²) < 4.78 is 51.2. The molecule has 0 saturated carbocycles. The summed E-state index contributed by atoms with van der Waals surface area (Å²) in [5, 5.41) is 10.5. The van der Waals surface area contributed by atoms with Gasteiger partial charge in [0.15, 0.2) is 0 Å². The van der Waals surface area contributed by atoms with E-state index in [2.05, 4.69) is 75.7 Å². The predicted octanol–water partition coefficient (Wildman–Crippen LogP) is 8.81. The number of imide groups is 1. The molecule has 354 valence electrons. The number of nitrogens with zero attached hydrogens (tertiary/aromatic N) is 7. The summed E-state index contributed by atoms with van der Waals surface area (Å²) in [6.07, 6.45) is 9.30. The van der Waals surface area contributed by atoms with Crippen molar-refractivity contribution in [1.82, 2.24) is 30.2 Å². The highest BCUT2D eigenvalue weighted by Crippen LogP contribution is 2.46. The van der Waals surface area contributed by atoms with Crippen LogP contribution in [0.2, 0.25) is 0 Å². The molecule has 1 atom stereocenters. The first-order valence-corrected chi connectivity index (χ1v) is 26.8. The lowest BCUT2D eigenvalue weighted by Gasteiger charge is -2.56. The molecule has 14 nitrogen and oxygen atoms in total. The van der Waals surface area contributed by atoms with Crippen LogP contribution in [0.15, 0.2) is 53.3 Å². The first-order valence-electron chi connectivity index (χ1n) is 23.4. The summed E-state index contributed by atoms with van der Waals surface area (Å²) in [4.78, 5) is 49.7. The number of hydrogen-bond donors (Lipinski definition) is 3. The molecular formula is C49H58BrF2N10O4P. The van der Waals surface area contributed by atoms with Crippen LogP contribution in [0.25, 0.3) is 10.9 Å². The van der Waals surface area contributed by atoms with Crippen molar-refractivity contribution in [3.8, 4) is 5.75 Å². The molecule has 3 N–H and O–H groups in total. The number of benzene rings is 3. The van der Waals surface area contributed by atoms with Crippen molar-refractivity contribution in [1.29, 1.82) is 0 Å². The first-order chi connectivity index (χ1) is 32.1. The van der Waals surface area contributed by atoms with Crippen molar-refractivity contribution >= 4 is 85.6 Å². The zero-order valence-corrected chi connectivity index (χ0v) is 41.2. The molecule has 1 spiro atoms. The molecule has 6 heterocycles. The fourth-order valence-corrected chi connectivity index (χ4v) is 12.2. The van der Waals surface area contributed by atoms with Gasteiger partial charge in [0.2, 0.25) is 17.8 Å². The van der Waals surface area contributed by atoms with Crippen molar-refractivity contribution in [2.75, 3.05) is 79.6 Å². The van der Waals surface area contributed by atoms with Crippen LogP contribution in [-0.2, 0) is 27.0 Å². The molecule has 0 radical (unpaired) electrons. The van der Waals surface area contributed by atoms with Gasteiger partial charge in [-0.15, -0.1) is 0 Å². The van der Waals surface area contributed by atoms with Crippen molar-refractivity contribution in [3.05, 3.63) is 81.9 Å². The predicted molar refractivity (Wildman–Crippen MR) is 263 cm³/mol. The molecule has 4 aliphatic rings. The maximum atomic E-state index is 15.3. The van der Waals surface area contributed by atoms with E-state index in [-0.39, 0.29) is 23.8 Å². The smallest absolute Gasteiger partial charge is 0.234 e. The zero-order valence-electron chi connectivity index (χ0n) is 38.7. The van der Waals surface area contributed by atoms with E-state index < -0.39 is 36.5 Å². The molecule has 2 amide bonds. The molecule has 3 aromatic carbocycles. The second-order valence-corrected chi connectivity index (χ2v) is 22.7. The van der Waals surface area contributed by atoms with Crippen LogP contribution >= 0.6 is 23.1 Å². The molecule has 2 aromatic heterocycles. The summed E-state index contributed by atoms with van der Waals surface area (Å²) in [7, 11) is -2.79. The van der Waals surface area contributed by atoms with E-state index in [1.54, 1.807) is 25.7 Å². The third-order valence-corrected chi connectivity index (χ3v) is 16.1. The van der Waals surface area contributed by atoms with Crippen LogP contribution in [0.5, 0.6) is 5.75 Å². The van der Waals surface area contributed by atoms with Crippen LogP contribution in [-0.4, -0.2) is 102 Å². The number of fused-ring (bicyclic) bond motifs is 1. The molecule has 0 aliphatic carbocycles. The lowest BCUT2D eigenvalue weighted by atomic mass is 9.71. The molecule has 0 unspecified atom stereocenters. The van der Waals surface area contributed by atoms with E-state index in [9.17, 15) is 14.2 Å². The molecular weight excluding hydrogens is 941 g/mol. The number of carbonyl (C=O) groups is 2. The monoisotopic (exact) mass is 998 g/mol. The summed E-state index contributed by atoms with van der Waals surface area (Å²) >= 11 is 3.62. The summed E-state index contributed by atoms with van der Waals surface area (Å²) in [5.74, 6) is -1.21. The molecule has 9 rings (SSSR count). The zero-order chi connectivity index (χ0) is 47.2. The quantitative estimate of drug-likeness (QED) is 0.0760. The van der Waals surface area contributed by atoms with Gasteiger partial charge in [0.1, 0.15) is 36.2 Å². The van der Waals surface area contributed by atoms with Crippen LogP contribution in [0.3, 0.4) is 0 Å². The van der Waals surface area contributed by atoms with Gasteiger partial charge in [-0.25, -0.2) is 23.7 Å². The standard InChI is InChI=1S/C49H58BrF2N10O4P/c1-6-29-21-39(57-48-54-26-34(50)46(59-48)56-38-11-10-37-33(45(38)67(4,5)65)25-53-42(7-2)55-37)41(66-8-3)24-40(29)61-17-13-30(14-18-61)60-19-15-49(16-20-60)27-62(28-49)31-22-35(51)44(36(52)23-31)32-9-12-43(63)58-47(32)64/h10-11,21-26,30,32H,6-9,12-20,27-28H2,1-5H3,(H,58,63,64)(H2,54,56,57,59)/t32-/m1/s1. The third-order valence-electron chi connectivity index (χ3n) is 14.0. The van der Waals surface area contributed by atoms with Gasteiger partial charge >= 0.3 is 0 Å². The molecule has 18 heteroatoms. The summed E-state index contributed by atoms with van der Waals surface area (Å²) in [6, 6.07) is 11.3. The third kappa shape index (κ3) is 9.61. The normalized spacial score (nSPS) is 19.1. The Kier molecular flexibility index (Phi) is 13.3. The Morgan fingerprint density at radius 2 is 1.61 bits per heavy atom. The topological polar surface area (TPSA) is 158 Å². The maximum Gasteiger partial charge on any atom is 0.234 e. The van der Waals surface area contributed by atoms with Gasteiger partial charge < -0.3 is 34.6 Å². The second kappa shape index (κ2) is 19.0. The SMILES string of the molecule is CCOc1cc(N2CCC(N3CCC4(CC3)CN(c3cc(F)c([C@H]5CCC(=O)NC5=O)c(F)c3)C4)CC2)c(CC)cc1Nc1ncc(Br)c(Nc2ccc3nc(CC)ncc3c2P(C)(C)=O)n1. The van der Waals surface area contributed by atoms with Gasteiger partial charge in [0.25, 0.3) is 0 Å². The Bertz CT molecular complexity index is 2750. The van der Waals surface area contributed by atoms with Crippen LogP contribution in [0, 0.1) is 17.0 Å². The van der Waals surface area contributed by atoms with Crippen molar-refractivity contribution in [2.24, 2.45) is 5.41 Å². The van der Waals surface area contributed by atoms with E-state index >= 15 is 8.78 Å². The number of nitrogens with one attached hydrogen (secondary N) is 3. The number of aryl methyl sites for hydroxylation is 2. The Balaban J connectivity index is 0.829. The van der Waals surface area contributed by atoms with Gasteiger partial charge in [-0.3, -0.25) is 14.9 Å². The average Bonchev–Trinajstić information content (AvgIpc) is 3.29. The number of halogens is 3. The average molecular weight is 1000 g/mol. The van der Waals surface area contributed by atoms with Gasteiger partial charge in [0.05, 0.1) is 33.9 Å². The highest BCUT2D eigenvalue weighted by molar-refractivity contribution is 9.10. The second-order valence-electron chi connectivity index (χ2n) is 18.7. The van der Waals surface area contributed by atoms with E-state index in [0.717, 1.165) is 93.8 Å². The number of rotatable bonds is 13. The Labute approximate surface area is 398 Å². The largest absolute Gasteiger partial charge is 0.492 e. The molecule has 5 aromatic rings.